The van der Waals surface area contributed by atoms with Crippen LogP contribution in [0.1, 0.15) is 38.5 Å². The summed E-state index contributed by atoms with van der Waals surface area (Å²) in [5.74, 6) is 0. The van der Waals surface area contributed by atoms with Crippen LogP contribution < -0.4 is 4.90 Å². The molecule has 0 radical (unpaired) electrons. The smallest absolute Gasteiger partial charge is 0.222 e. The van der Waals surface area contributed by atoms with Crippen LogP contribution in [-0.2, 0) is 0 Å². The molecule has 3 rings (SSSR count). The second-order valence-electron chi connectivity index (χ2n) is 5.05. The van der Waals surface area contributed by atoms with Gasteiger partial charge in [-0.05, 0) is 50.0 Å². The Hall–Kier alpha value is -1.29. The van der Waals surface area contributed by atoms with Crippen LogP contribution in [0.3, 0.4) is 0 Å². The van der Waals surface area contributed by atoms with E-state index in [9.17, 15) is 0 Å². The summed E-state index contributed by atoms with van der Waals surface area (Å²) < 4.78 is 0. The summed E-state index contributed by atoms with van der Waals surface area (Å²) in [6.07, 6.45) is 7.15. The molecule has 3 nitrogen and oxygen atoms in total. The summed E-state index contributed by atoms with van der Waals surface area (Å²) in [6, 6.07) is 10.3. The van der Waals surface area contributed by atoms with Crippen molar-refractivity contribution in [3.63, 3.8) is 0 Å². The highest BCUT2D eigenvalue weighted by Gasteiger charge is 2.43. The molecule has 1 aromatic rings. The van der Waals surface area contributed by atoms with Gasteiger partial charge in [0.15, 0.2) is 5.66 Å². The summed E-state index contributed by atoms with van der Waals surface area (Å²) >= 11 is 5.39. The van der Waals surface area contributed by atoms with E-state index in [-0.39, 0.29) is 5.66 Å². The molecular formula is C14H17N3S. The van der Waals surface area contributed by atoms with E-state index >= 15 is 0 Å². The topological polar surface area (TPSA) is 28.0 Å². The second kappa shape index (κ2) is 4.76. The molecule has 94 valence electrons. The lowest BCUT2D eigenvalue weighted by Crippen LogP contribution is -2.45. The van der Waals surface area contributed by atoms with Crippen molar-refractivity contribution in [2.45, 2.75) is 44.2 Å². The largest absolute Gasteiger partial charge is 0.288 e. The monoisotopic (exact) mass is 259 g/mol. The Morgan fingerprint density at radius 2 is 1.67 bits per heavy atom. The molecule has 18 heavy (non-hydrogen) atoms. The first-order valence-corrected chi connectivity index (χ1v) is 7.05. The maximum Gasteiger partial charge on any atom is 0.222 e. The van der Waals surface area contributed by atoms with Gasteiger partial charge in [-0.25, -0.2) is 0 Å². The maximum atomic E-state index is 5.39. The predicted molar refractivity (Wildman–Crippen MR) is 76.8 cm³/mol. The van der Waals surface area contributed by atoms with Crippen LogP contribution in [-0.4, -0.2) is 10.8 Å². The first-order chi connectivity index (χ1) is 8.82. The van der Waals surface area contributed by atoms with E-state index in [0.717, 1.165) is 18.5 Å². The van der Waals surface area contributed by atoms with E-state index in [1.165, 1.54) is 25.7 Å². The molecule has 0 saturated heterocycles. The fraction of sp³-hybridized carbons (Fsp3) is 0.500. The zero-order valence-electron chi connectivity index (χ0n) is 10.4. The molecule has 0 N–H and O–H groups in total. The van der Waals surface area contributed by atoms with Gasteiger partial charge in [0.25, 0.3) is 0 Å². The number of rotatable bonds is 1. The first-order valence-electron chi connectivity index (χ1n) is 6.64. The Morgan fingerprint density at radius 1 is 1.00 bits per heavy atom. The first kappa shape index (κ1) is 11.8. The van der Waals surface area contributed by atoms with Crippen molar-refractivity contribution >= 4 is 23.0 Å². The number of azo groups is 1. The maximum absolute atomic E-state index is 5.39. The van der Waals surface area contributed by atoms with Crippen LogP contribution in [0.4, 0.5) is 5.69 Å². The lowest BCUT2D eigenvalue weighted by molar-refractivity contribution is 0.392. The standard InChI is InChI=1S/C14H17N3S/c18-13-15-16-14(10-6-1-2-7-11-14)17(13)12-8-4-3-5-9-12/h3-5,8-9H,1-2,6-7,10-11H2. The van der Waals surface area contributed by atoms with Crippen molar-refractivity contribution < 1.29 is 0 Å². The van der Waals surface area contributed by atoms with Gasteiger partial charge in [-0.1, -0.05) is 31.0 Å². The predicted octanol–water partition coefficient (Wildman–Crippen LogP) is 4.29. The van der Waals surface area contributed by atoms with Crippen LogP contribution in [0.2, 0.25) is 0 Å². The summed E-state index contributed by atoms with van der Waals surface area (Å²) in [4.78, 5) is 2.16. The minimum absolute atomic E-state index is 0.199. The van der Waals surface area contributed by atoms with Gasteiger partial charge in [-0.2, -0.15) is 5.11 Å². The van der Waals surface area contributed by atoms with Gasteiger partial charge in [0.05, 0.1) is 0 Å². The molecule has 1 heterocycles. The average Bonchev–Trinajstić information content (AvgIpc) is 2.58. The average molecular weight is 259 g/mol. The van der Waals surface area contributed by atoms with Crippen molar-refractivity contribution in [1.29, 1.82) is 0 Å². The highest BCUT2D eigenvalue weighted by Crippen LogP contribution is 2.40. The Bertz CT molecular complexity index is 461. The van der Waals surface area contributed by atoms with Gasteiger partial charge in [-0.3, -0.25) is 4.90 Å². The molecule has 0 atom stereocenters. The van der Waals surface area contributed by atoms with Gasteiger partial charge in [-0.15, -0.1) is 5.11 Å². The van der Waals surface area contributed by atoms with Gasteiger partial charge in [0.1, 0.15) is 0 Å². The number of para-hydroxylation sites is 1. The van der Waals surface area contributed by atoms with Gasteiger partial charge >= 0.3 is 0 Å². The Morgan fingerprint density at radius 3 is 2.33 bits per heavy atom. The molecule has 1 aromatic carbocycles. The fourth-order valence-corrected chi connectivity index (χ4v) is 3.27. The molecule has 1 fully saturated rings. The number of hydrogen-bond acceptors (Lipinski definition) is 2. The summed E-state index contributed by atoms with van der Waals surface area (Å²) in [5.41, 5.74) is 0.920. The Balaban J connectivity index is 1.98. The van der Waals surface area contributed by atoms with E-state index in [0.29, 0.717) is 5.11 Å². The molecule has 1 aliphatic heterocycles. The van der Waals surface area contributed by atoms with Crippen molar-refractivity contribution in [3.8, 4) is 0 Å². The summed E-state index contributed by atoms with van der Waals surface area (Å²) in [5, 5.41) is 9.34. The molecule has 0 aromatic heterocycles. The van der Waals surface area contributed by atoms with Crippen molar-refractivity contribution in [1.82, 2.24) is 0 Å². The van der Waals surface area contributed by atoms with E-state index in [1.54, 1.807) is 0 Å². The zero-order valence-corrected chi connectivity index (χ0v) is 11.2. The van der Waals surface area contributed by atoms with Crippen LogP contribution in [0.25, 0.3) is 0 Å². The Kier molecular flexibility index (Phi) is 3.12. The third-order valence-corrected chi connectivity index (χ3v) is 4.11. The lowest BCUT2D eigenvalue weighted by atomic mass is 9.99. The summed E-state index contributed by atoms with van der Waals surface area (Å²) in [6.45, 7) is 0. The third-order valence-electron chi connectivity index (χ3n) is 3.85. The van der Waals surface area contributed by atoms with Crippen LogP contribution >= 0.6 is 12.2 Å². The van der Waals surface area contributed by atoms with Crippen molar-refractivity contribution in [3.05, 3.63) is 30.3 Å². The van der Waals surface area contributed by atoms with Gasteiger partial charge in [0.2, 0.25) is 5.11 Å². The second-order valence-corrected chi connectivity index (χ2v) is 5.42. The number of thiocarbonyl (C=S) groups is 1. The van der Waals surface area contributed by atoms with Gasteiger partial charge < -0.3 is 0 Å². The number of anilines is 1. The quantitative estimate of drug-likeness (QED) is 0.703. The molecular weight excluding hydrogens is 242 g/mol. The molecule has 0 amide bonds. The molecule has 0 bridgehead atoms. The fourth-order valence-electron chi connectivity index (χ4n) is 2.95. The highest BCUT2D eigenvalue weighted by molar-refractivity contribution is 7.80. The van der Waals surface area contributed by atoms with E-state index in [4.69, 9.17) is 12.2 Å². The number of hydrogen-bond donors (Lipinski definition) is 0. The molecule has 1 saturated carbocycles. The molecule has 1 aliphatic carbocycles. The van der Waals surface area contributed by atoms with E-state index in [1.807, 2.05) is 18.2 Å². The highest BCUT2D eigenvalue weighted by atomic mass is 32.1. The van der Waals surface area contributed by atoms with Crippen molar-refractivity contribution in [2.75, 3.05) is 4.90 Å². The molecule has 2 aliphatic rings. The molecule has 4 heteroatoms. The SMILES string of the molecule is S=C1N=NC2(CCCCCC2)N1c1ccccc1. The van der Waals surface area contributed by atoms with Crippen LogP contribution in [0, 0.1) is 0 Å². The molecule has 1 spiro atoms. The zero-order chi connectivity index (χ0) is 12.4. The van der Waals surface area contributed by atoms with Crippen molar-refractivity contribution in [2.24, 2.45) is 10.2 Å². The number of benzene rings is 1. The molecule has 0 unspecified atom stereocenters. The normalized spacial score (nSPS) is 22.4. The minimum Gasteiger partial charge on any atom is -0.288 e. The summed E-state index contributed by atoms with van der Waals surface area (Å²) in [7, 11) is 0. The minimum atomic E-state index is -0.199. The third kappa shape index (κ3) is 1.94. The lowest BCUT2D eigenvalue weighted by Gasteiger charge is -2.35. The Labute approximate surface area is 113 Å². The van der Waals surface area contributed by atoms with Crippen LogP contribution in [0.5, 0.6) is 0 Å². The van der Waals surface area contributed by atoms with Gasteiger partial charge in [0, 0.05) is 5.69 Å². The number of nitrogens with zero attached hydrogens (tertiary/aromatic N) is 3. The van der Waals surface area contributed by atoms with E-state index in [2.05, 4.69) is 27.3 Å². The van der Waals surface area contributed by atoms with Crippen LogP contribution in [0.15, 0.2) is 40.6 Å². The van der Waals surface area contributed by atoms with E-state index < -0.39 is 0 Å².